The molecule has 6 nitrogen and oxygen atoms in total. The van der Waals surface area contributed by atoms with Crippen molar-refractivity contribution in [2.45, 2.75) is 22.9 Å². The Kier molecular flexibility index (Phi) is 5.56. The predicted molar refractivity (Wildman–Crippen MR) is 97.5 cm³/mol. The average Bonchev–Trinajstić information content (AvgIpc) is 2.67. The molecule has 2 aromatic carbocycles. The van der Waals surface area contributed by atoms with Crippen LogP contribution in [-0.2, 0) is 21.1 Å². The fourth-order valence-electron chi connectivity index (χ4n) is 2.77. The predicted octanol–water partition coefficient (Wildman–Crippen LogP) is 3.38. The number of sulfone groups is 1. The first-order valence-corrected chi connectivity index (χ1v) is 9.87. The van der Waals surface area contributed by atoms with Crippen LogP contribution in [0.5, 0.6) is 17.2 Å². The van der Waals surface area contributed by atoms with E-state index in [4.69, 9.17) is 9.47 Å². The molecule has 0 saturated heterocycles. The van der Waals surface area contributed by atoms with Crippen molar-refractivity contribution in [2.75, 3.05) is 6.61 Å². The molecule has 0 saturated carbocycles. The van der Waals surface area contributed by atoms with E-state index >= 15 is 0 Å². The Labute approximate surface area is 164 Å². The lowest BCUT2D eigenvalue weighted by Crippen LogP contribution is -2.42. The van der Waals surface area contributed by atoms with Gasteiger partial charge in [0.25, 0.3) is 9.84 Å². The second kappa shape index (κ2) is 7.78. The average molecular weight is 427 g/mol. The molecule has 0 aromatic heterocycles. The van der Waals surface area contributed by atoms with Gasteiger partial charge in [-0.1, -0.05) is 18.7 Å². The molecule has 10 heteroatoms. The second-order valence-electron chi connectivity index (χ2n) is 6.19. The third-order valence-electron chi connectivity index (χ3n) is 4.15. The molecule has 0 aliphatic carbocycles. The summed E-state index contributed by atoms with van der Waals surface area (Å²) in [5.74, 6) is 0.597. The number of benzene rings is 2. The lowest BCUT2D eigenvalue weighted by Gasteiger charge is -2.27. The third kappa shape index (κ3) is 4.37. The Morgan fingerprint density at radius 3 is 2.52 bits per heavy atom. The van der Waals surface area contributed by atoms with Crippen LogP contribution in [0.3, 0.4) is 0 Å². The molecular weight excluding hydrogens is 411 g/mol. The molecule has 1 unspecified atom stereocenters. The Morgan fingerprint density at radius 2 is 1.90 bits per heavy atom. The summed E-state index contributed by atoms with van der Waals surface area (Å²) >= 11 is 0. The highest BCUT2D eigenvalue weighted by Crippen LogP contribution is 2.38. The van der Waals surface area contributed by atoms with Gasteiger partial charge < -0.3 is 14.8 Å². The molecule has 0 radical (unpaired) electrons. The molecule has 1 heterocycles. The Hall–Kier alpha value is -3.01. The van der Waals surface area contributed by atoms with Crippen molar-refractivity contribution in [2.24, 2.45) is 0 Å². The summed E-state index contributed by atoms with van der Waals surface area (Å²) in [6, 6.07) is 8.80. The van der Waals surface area contributed by atoms with Gasteiger partial charge in [-0.25, -0.2) is 8.42 Å². The molecule has 1 N–H and O–H groups in total. The van der Waals surface area contributed by atoms with E-state index in [2.05, 4.69) is 11.9 Å². The van der Waals surface area contributed by atoms with Gasteiger partial charge in [-0.05, 0) is 42.8 Å². The van der Waals surface area contributed by atoms with Crippen molar-refractivity contribution >= 4 is 15.7 Å². The van der Waals surface area contributed by atoms with E-state index < -0.39 is 20.2 Å². The first-order valence-electron chi connectivity index (χ1n) is 8.38. The van der Waals surface area contributed by atoms with Crippen molar-refractivity contribution in [3.8, 4) is 17.2 Å². The van der Waals surface area contributed by atoms with Crippen molar-refractivity contribution in [3.63, 3.8) is 0 Å². The number of hydrogen-bond donors (Lipinski definition) is 1. The second-order valence-corrected chi connectivity index (χ2v) is 8.13. The van der Waals surface area contributed by atoms with Crippen LogP contribution in [0.2, 0.25) is 0 Å². The summed E-state index contributed by atoms with van der Waals surface area (Å²) in [5.41, 5.74) is -4.60. The first kappa shape index (κ1) is 20.7. The maximum atomic E-state index is 12.6. The van der Waals surface area contributed by atoms with Crippen LogP contribution in [0.25, 0.3) is 0 Å². The minimum absolute atomic E-state index is 0.144. The molecule has 3 rings (SSSR count). The fraction of sp³-hybridized carbons (Fsp3) is 0.211. The van der Waals surface area contributed by atoms with Gasteiger partial charge in [-0.3, -0.25) is 4.79 Å². The maximum absolute atomic E-state index is 12.6. The molecule has 1 atom stereocenters. The number of carbonyl (C=O) groups excluding carboxylic acids is 1. The lowest BCUT2D eigenvalue weighted by atomic mass is 10.0. The zero-order chi connectivity index (χ0) is 21.2. The van der Waals surface area contributed by atoms with Crippen LogP contribution in [0.4, 0.5) is 13.2 Å². The van der Waals surface area contributed by atoms with Crippen LogP contribution < -0.4 is 14.8 Å². The Balaban J connectivity index is 1.78. The summed E-state index contributed by atoms with van der Waals surface area (Å²) in [6.07, 6.45) is 1.66. The van der Waals surface area contributed by atoms with E-state index in [9.17, 15) is 26.4 Å². The number of para-hydroxylation sites is 1. The van der Waals surface area contributed by atoms with Gasteiger partial charge in [0.1, 0.15) is 12.4 Å². The molecule has 1 aliphatic rings. The summed E-state index contributed by atoms with van der Waals surface area (Å²) in [4.78, 5) is 10.6. The molecule has 0 fully saturated rings. The van der Waals surface area contributed by atoms with Gasteiger partial charge in [0.05, 0.1) is 10.9 Å². The van der Waals surface area contributed by atoms with Gasteiger partial charge in [-0.15, -0.1) is 0 Å². The largest absolute Gasteiger partial charge is 0.501 e. The number of hydrogen-bond acceptors (Lipinski definition) is 5. The van der Waals surface area contributed by atoms with E-state index in [1.807, 2.05) is 0 Å². The van der Waals surface area contributed by atoms with Crippen LogP contribution >= 0.6 is 0 Å². The van der Waals surface area contributed by atoms with Crippen LogP contribution in [-0.4, -0.2) is 32.5 Å². The van der Waals surface area contributed by atoms with Crippen LogP contribution in [0.1, 0.15) is 5.56 Å². The highest BCUT2D eigenvalue weighted by Gasteiger charge is 2.46. The molecule has 0 spiro atoms. The monoisotopic (exact) mass is 427 g/mol. The van der Waals surface area contributed by atoms with Crippen LogP contribution in [0.15, 0.2) is 60.0 Å². The maximum Gasteiger partial charge on any atom is 0.501 e. The molecule has 1 aliphatic heterocycles. The van der Waals surface area contributed by atoms with E-state index in [0.717, 1.165) is 35.9 Å². The number of halogens is 3. The van der Waals surface area contributed by atoms with Crippen molar-refractivity contribution < 1.29 is 35.9 Å². The van der Waals surface area contributed by atoms with Crippen LogP contribution in [0, 0.1) is 0 Å². The zero-order valence-electron chi connectivity index (χ0n) is 14.9. The summed E-state index contributed by atoms with van der Waals surface area (Å²) in [6.45, 7) is 3.60. The SMILES string of the molecule is C=CC(=O)NC1COc2c(cccc2Oc2ccc(S(=O)(=O)C(F)(F)F)cc2)C1. The molecule has 29 heavy (non-hydrogen) atoms. The number of amides is 1. The Bertz CT molecular complexity index is 1030. The van der Waals surface area contributed by atoms with E-state index in [1.54, 1.807) is 18.2 Å². The summed E-state index contributed by atoms with van der Waals surface area (Å²) in [5, 5.41) is 2.74. The fourth-order valence-corrected chi connectivity index (χ4v) is 3.54. The normalized spacial score (nSPS) is 16.3. The first-order chi connectivity index (χ1) is 13.6. The number of alkyl halides is 3. The quantitative estimate of drug-likeness (QED) is 0.740. The third-order valence-corrected chi connectivity index (χ3v) is 5.66. The molecular formula is C19H16F3NO5S. The van der Waals surface area contributed by atoms with Gasteiger partial charge in [0, 0.05) is 5.56 Å². The smallest absolute Gasteiger partial charge is 0.487 e. The zero-order valence-corrected chi connectivity index (χ0v) is 15.7. The number of carbonyl (C=O) groups is 1. The highest BCUT2D eigenvalue weighted by molar-refractivity contribution is 7.92. The standard InChI is InChI=1S/C19H16F3NO5S/c1-2-17(24)23-13-10-12-4-3-5-16(18(12)27-11-13)28-14-6-8-15(9-7-14)29(25,26)19(20,21)22/h2-9,13H,1,10-11H2,(H,23,24). The van der Waals surface area contributed by atoms with Gasteiger partial charge in [0.15, 0.2) is 11.5 Å². The number of rotatable bonds is 5. The highest BCUT2D eigenvalue weighted by atomic mass is 32.2. The molecule has 0 bridgehead atoms. The van der Waals surface area contributed by atoms with Crippen molar-refractivity contribution in [1.29, 1.82) is 0 Å². The van der Waals surface area contributed by atoms with Gasteiger partial charge >= 0.3 is 5.51 Å². The van der Waals surface area contributed by atoms with E-state index in [1.165, 1.54) is 0 Å². The van der Waals surface area contributed by atoms with E-state index in [0.29, 0.717) is 17.9 Å². The van der Waals surface area contributed by atoms with E-state index in [-0.39, 0.29) is 24.3 Å². The lowest BCUT2D eigenvalue weighted by molar-refractivity contribution is -0.117. The number of fused-ring (bicyclic) bond motifs is 1. The molecule has 154 valence electrons. The molecule has 1 amide bonds. The van der Waals surface area contributed by atoms with Crippen molar-refractivity contribution in [1.82, 2.24) is 5.32 Å². The number of nitrogens with one attached hydrogen (secondary N) is 1. The Morgan fingerprint density at radius 1 is 1.21 bits per heavy atom. The van der Waals surface area contributed by atoms with Crippen molar-refractivity contribution in [3.05, 3.63) is 60.7 Å². The summed E-state index contributed by atoms with van der Waals surface area (Å²) < 4.78 is 72.1. The molecule has 2 aromatic rings. The van der Waals surface area contributed by atoms with Gasteiger partial charge in [-0.2, -0.15) is 13.2 Å². The minimum Gasteiger partial charge on any atom is -0.487 e. The summed E-state index contributed by atoms with van der Waals surface area (Å²) in [7, 11) is -5.42. The minimum atomic E-state index is -5.42. The topological polar surface area (TPSA) is 81.7 Å². The van der Waals surface area contributed by atoms with Gasteiger partial charge in [0.2, 0.25) is 5.91 Å². The number of ether oxygens (including phenoxy) is 2.